The monoisotopic (exact) mass is 328 g/mol. The van der Waals surface area contributed by atoms with E-state index in [9.17, 15) is 9.59 Å². The Morgan fingerprint density at radius 3 is 2.42 bits per heavy atom. The average molecular weight is 328 g/mol. The Kier molecular flexibility index (Phi) is 5.22. The number of benzene rings is 1. The minimum absolute atomic E-state index is 0.0549. The van der Waals surface area contributed by atoms with Gasteiger partial charge in [0.15, 0.2) is 0 Å². The number of hydrogen-bond acceptors (Lipinski definition) is 2. The molecule has 3 rings (SSSR count). The molecule has 1 aromatic carbocycles. The van der Waals surface area contributed by atoms with Crippen molar-refractivity contribution in [2.45, 2.75) is 45.4 Å². The van der Waals surface area contributed by atoms with Gasteiger partial charge in [-0.15, -0.1) is 0 Å². The molecule has 0 atom stereocenters. The van der Waals surface area contributed by atoms with Crippen LogP contribution in [-0.4, -0.2) is 36.3 Å². The number of nitrogens with one attached hydrogen (secondary N) is 1. The van der Waals surface area contributed by atoms with Gasteiger partial charge in [0.25, 0.3) is 0 Å². The van der Waals surface area contributed by atoms with Gasteiger partial charge in [0, 0.05) is 19.6 Å². The zero-order valence-electron chi connectivity index (χ0n) is 14.6. The summed E-state index contributed by atoms with van der Waals surface area (Å²) >= 11 is 0. The first-order valence-electron chi connectivity index (χ1n) is 9.27. The maximum Gasteiger partial charge on any atom is 0.238 e. The predicted octanol–water partition coefficient (Wildman–Crippen LogP) is 2.77. The van der Waals surface area contributed by atoms with Gasteiger partial charge < -0.3 is 10.2 Å². The van der Waals surface area contributed by atoms with Gasteiger partial charge in [0.2, 0.25) is 11.8 Å². The van der Waals surface area contributed by atoms with E-state index in [1.54, 1.807) is 0 Å². The zero-order valence-corrected chi connectivity index (χ0v) is 14.6. The van der Waals surface area contributed by atoms with E-state index in [-0.39, 0.29) is 11.8 Å². The average Bonchev–Trinajstić information content (AvgIpc) is 3.42. The number of nitrogens with zero attached hydrogens (tertiary/aromatic N) is 1. The molecule has 1 aliphatic heterocycles. The van der Waals surface area contributed by atoms with Gasteiger partial charge in [-0.25, -0.2) is 0 Å². The summed E-state index contributed by atoms with van der Waals surface area (Å²) in [5.41, 5.74) is 0.640. The molecule has 1 aromatic rings. The van der Waals surface area contributed by atoms with E-state index in [4.69, 9.17) is 0 Å². The van der Waals surface area contributed by atoms with Crippen LogP contribution in [0, 0.1) is 11.3 Å². The highest BCUT2D eigenvalue weighted by molar-refractivity contribution is 6.07. The van der Waals surface area contributed by atoms with Crippen molar-refractivity contribution in [1.29, 1.82) is 0 Å². The maximum absolute atomic E-state index is 12.8. The van der Waals surface area contributed by atoms with Crippen LogP contribution < -0.4 is 5.32 Å². The van der Waals surface area contributed by atoms with Gasteiger partial charge >= 0.3 is 0 Å². The molecule has 1 N–H and O–H groups in total. The van der Waals surface area contributed by atoms with E-state index in [2.05, 4.69) is 29.6 Å². The zero-order chi connectivity index (χ0) is 17.0. The first-order chi connectivity index (χ1) is 11.7. The van der Waals surface area contributed by atoms with Crippen LogP contribution in [0.2, 0.25) is 0 Å². The third kappa shape index (κ3) is 3.63. The topological polar surface area (TPSA) is 49.4 Å². The molecule has 0 aromatic heterocycles. The molecule has 24 heavy (non-hydrogen) atoms. The van der Waals surface area contributed by atoms with E-state index < -0.39 is 5.41 Å². The highest BCUT2D eigenvalue weighted by Crippen LogP contribution is 2.48. The van der Waals surface area contributed by atoms with E-state index in [0.717, 1.165) is 38.8 Å². The molecule has 2 aliphatic rings. The van der Waals surface area contributed by atoms with Crippen LogP contribution in [0.1, 0.15) is 44.6 Å². The fourth-order valence-corrected chi connectivity index (χ4v) is 3.66. The van der Waals surface area contributed by atoms with Gasteiger partial charge in [-0.3, -0.25) is 9.59 Å². The van der Waals surface area contributed by atoms with Crippen molar-refractivity contribution in [3.05, 3.63) is 35.9 Å². The molecule has 4 nitrogen and oxygen atoms in total. The van der Waals surface area contributed by atoms with Gasteiger partial charge in [0.1, 0.15) is 5.41 Å². The summed E-state index contributed by atoms with van der Waals surface area (Å²) in [7, 11) is 0. The molecular weight excluding hydrogens is 300 g/mol. The molecule has 1 saturated carbocycles. The van der Waals surface area contributed by atoms with Crippen LogP contribution in [0.4, 0.5) is 0 Å². The van der Waals surface area contributed by atoms with Crippen LogP contribution in [0.3, 0.4) is 0 Å². The molecule has 2 fully saturated rings. The van der Waals surface area contributed by atoms with E-state index in [1.165, 1.54) is 5.56 Å². The summed E-state index contributed by atoms with van der Waals surface area (Å²) in [4.78, 5) is 27.1. The largest absolute Gasteiger partial charge is 0.355 e. The first-order valence-corrected chi connectivity index (χ1v) is 9.27. The molecular formula is C20H28N2O2. The van der Waals surface area contributed by atoms with Crippen LogP contribution in [0.25, 0.3) is 0 Å². The second-order valence-electron chi connectivity index (χ2n) is 7.26. The fraction of sp³-hybridized carbons (Fsp3) is 0.600. The SMILES string of the molecule is CCCNC(=O)C1(C(=O)N2CCC(Cc3ccccc3)CC2)CC1. The van der Waals surface area contributed by atoms with E-state index >= 15 is 0 Å². The number of likely N-dealkylation sites (tertiary alicyclic amines) is 1. The van der Waals surface area contributed by atoms with Crippen LogP contribution in [-0.2, 0) is 16.0 Å². The number of carbonyl (C=O) groups excluding carboxylic acids is 2. The molecule has 0 unspecified atom stereocenters. The summed E-state index contributed by atoms with van der Waals surface area (Å²) < 4.78 is 0. The summed E-state index contributed by atoms with van der Waals surface area (Å²) in [5.74, 6) is 0.649. The molecule has 130 valence electrons. The van der Waals surface area contributed by atoms with Crippen LogP contribution in [0.5, 0.6) is 0 Å². The minimum atomic E-state index is -0.735. The molecule has 0 bridgehead atoms. The third-order valence-corrected chi connectivity index (χ3v) is 5.40. The van der Waals surface area contributed by atoms with Gasteiger partial charge in [-0.05, 0) is 50.0 Å². The van der Waals surface area contributed by atoms with Gasteiger partial charge in [-0.1, -0.05) is 37.3 Å². The third-order valence-electron chi connectivity index (χ3n) is 5.40. The van der Waals surface area contributed by atoms with Gasteiger partial charge in [0.05, 0.1) is 0 Å². The smallest absolute Gasteiger partial charge is 0.238 e. The summed E-state index contributed by atoms with van der Waals surface area (Å²) in [6, 6.07) is 10.6. The molecule has 0 radical (unpaired) electrons. The van der Waals surface area contributed by atoms with Crippen molar-refractivity contribution in [1.82, 2.24) is 10.2 Å². The standard InChI is InChI=1S/C20H28N2O2/c1-2-12-21-18(23)20(10-11-20)19(24)22-13-8-17(9-14-22)15-16-6-4-3-5-7-16/h3-7,17H,2,8-15H2,1H3,(H,21,23). The van der Waals surface area contributed by atoms with E-state index in [0.29, 0.717) is 25.3 Å². The first kappa shape index (κ1) is 17.0. The summed E-state index contributed by atoms with van der Waals surface area (Å²) in [6.07, 6.45) is 5.49. The van der Waals surface area contributed by atoms with Gasteiger partial charge in [-0.2, -0.15) is 0 Å². The highest BCUT2D eigenvalue weighted by Gasteiger charge is 2.57. The molecule has 2 amide bonds. The highest BCUT2D eigenvalue weighted by atomic mass is 16.2. The number of carbonyl (C=O) groups is 2. The van der Waals surface area contributed by atoms with Crippen molar-refractivity contribution in [2.75, 3.05) is 19.6 Å². The lowest BCUT2D eigenvalue weighted by Gasteiger charge is -2.34. The lowest BCUT2D eigenvalue weighted by molar-refractivity contribution is -0.145. The van der Waals surface area contributed by atoms with Crippen LogP contribution in [0.15, 0.2) is 30.3 Å². The van der Waals surface area contributed by atoms with Crippen molar-refractivity contribution < 1.29 is 9.59 Å². The molecule has 1 heterocycles. The number of hydrogen-bond donors (Lipinski definition) is 1. The molecule has 4 heteroatoms. The molecule has 1 aliphatic carbocycles. The Morgan fingerprint density at radius 1 is 1.17 bits per heavy atom. The Bertz CT molecular complexity index is 573. The lowest BCUT2D eigenvalue weighted by Crippen LogP contribution is -2.48. The van der Waals surface area contributed by atoms with Crippen LogP contribution >= 0.6 is 0 Å². The molecule has 1 saturated heterocycles. The van der Waals surface area contributed by atoms with Crippen molar-refractivity contribution in [3.8, 4) is 0 Å². The number of piperidine rings is 1. The quantitative estimate of drug-likeness (QED) is 0.816. The minimum Gasteiger partial charge on any atom is -0.355 e. The normalized spacial score (nSPS) is 19.8. The Morgan fingerprint density at radius 2 is 1.83 bits per heavy atom. The Labute approximate surface area is 144 Å². The lowest BCUT2D eigenvalue weighted by atomic mass is 9.89. The predicted molar refractivity (Wildman–Crippen MR) is 94.4 cm³/mol. The maximum atomic E-state index is 12.8. The number of rotatable bonds is 6. The summed E-state index contributed by atoms with van der Waals surface area (Å²) in [6.45, 7) is 4.27. The Hall–Kier alpha value is -1.84. The summed E-state index contributed by atoms with van der Waals surface area (Å²) in [5, 5.41) is 2.91. The fourth-order valence-electron chi connectivity index (χ4n) is 3.66. The van der Waals surface area contributed by atoms with E-state index in [1.807, 2.05) is 17.9 Å². The second-order valence-corrected chi connectivity index (χ2v) is 7.26. The van der Waals surface area contributed by atoms with Crippen molar-refractivity contribution >= 4 is 11.8 Å². The second kappa shape index (κ2) is 7.37. The Balaban J connectivity index is 1.51. The number of amides is 2. The van der Waals surface area contributed by atoms with Crippen molar-refractivity contribution in [3.63, 3.8) is 0 Å². The van der Waals surface area contributed by atoms with Crippen molar-refractivity contribution in [2.24, 2.45) is 11.3 Å². The molecule has 0 spiro atoms.